The number of ether oxygens (including phenoxy) is 2. The summed E-state index contributed by atoms with van der Waals surface area (Å²) in [7, 11) is 0. The first-order chi connectivity index (χ1) is 4.50. The van der Waals surface area contributed by atoms with E-state index in [1.165, 1.54) is 0 Å². The van der Waals surface area contributed by atoms with Crippen molar-refractivity contribution in [3.63, 3.8) is 0 Å². The quantitative estimate of drug-likeness (QED) is 0.442. The molecule has 0 aromatic carbocycles. The highest BCUT2D eigenvalue weighted by atomic mass is 35.6. The van der Waals surface area contributed by atoms with Gasteiger partial charge in [-0.3, -0.25) is 0 Å². The minimum Gasteiger partial charge on any atom is -0.429 e. The third-order valence-corrected chi connectivity index (χ3v) is 1.31. The Hall–Kier alpha value is 0.300. The van der Waals surface area contributed by atoms with Crippen LogP contribution in [0.5, 0.6) is 0 Å². The van der Waals surface area contributed by atoms with E-state index in [9.17, 15) is 4.79 Å². The molecule has 1 rings (SSSR count). The van der Waals surface area contributed by atoms with Crippen molar-refractivity contribution < 1.29 is 14.3 Å². The zero-order chi connectivity index (χ0) is 7.78. The van der Waals surface area contributed by atoms with Crippen LogP contribution < -0.4 is 0 Å². The molecule has 6 heteroatoms. The average molecular weight is 204 g/mol. The third-order valence-electron chi connectivity index (χ3n) is 0.778. The van der Waals surface area contributed by atoms with Gasteiger partial charge >= 0.3 is 5.97 Å². The van der Waals surface area contributed by atoms with Crippen molar-refractivity contribution in [2.24, 2.45) is 0 Å². The molecule has 1 atom stereocenters. The molecular formula is C4H2Cl3O3. The SMILES string of the molecule is O=C1[CH]O[C@@H](C(Cl)(Cl)Cl)O1. The van der Waals surface area contributed by atoms with E-state index < -0.39 is 16.1 Å². The molecule has 3 nitrogen and oxygen atoms in total. The van der Waals surface area contributed by atoms with Gasteiger partial charge in [0.1, 0.15) is 0 Å². The van der Waals surface area contributed by atoms with Crippen molar-refractivity contribution in [2.45, 2.75) is 10.1 Å². The summed E-state index contributed by atoms with van der Waals surface area (Å²) in [6.07, 6.45) is -1.12. The van der Waals surface area contributed by atoms with Crippen molar-refractivity contribution in [2.75, 3.05) is 0 Å². The summed E-state index contributed by atoms with van der Waals surface area (Å²) in [5.41, 5.74) is 0. The van der Waals surface area contributed by atoms with Crippen molar-refractivity contribution in [3.05, 3.63) is 6.61 Å². The molecule has 1 heterocycles. The third kappa shape index (κ3) is 1.89. The van der Waals surface area contributed by atoms with E-state index >= 15 is 0 Å². The van der Waals surface area contributed by atoms with E-state index in [1.807, 2.05) is 0 Å². The highest BCUT2D eigenvalue weighted by Crippen LogP contribution is 2.35. The van der Waals surface area contributed by atoms with Crippen LogP contribution in [0.2, 0.25) is 0 Å². The van der Waals surface area contributed by atoms with Gasteiger partial charge in [0, 0.05) is 0 Å². The molecule has 1 radical (unpaired) electrons. The largest absolute Gasteiger partial charge is 0.429 e. The van der Waals surface area contributed by atoms with Gasteiger partial charge in [-0.2, -0.15) is 0 Å². The van der Waals surface area contributed by atoms with Crippen molar-refractivity contribution >= 4 is 40.8 Å². The summed E-state index contributed by atoms with van der Waals surface area (Å²) in [5.74, 6) is -0.642. The van der Waals surface area contributed by atoms with Crippen LogP contribution in [0.25, 0.3) is 0 Å². The highest BCUT2D eigenvalue weighted by molar-refractivity contribution is 6.68. The van der Waals surface area contributed by atoms with E-state index in [0.29, 0.717) is 0 Å². The molecule has 0 unspecified atom stereocenters. The lowest BCUT2D eigenvalue weighted by molar-refractivity contribution is -0.142. The number of hydrogen-bond donors (Lipinski definition) is 0. The van der Waals surface area contributed by atoms with Crippen molar-refractivity contribution in [3.8, 4) is 0 Å². The van der Waals surface area contributed by atoms with Crippen LogP contribution in [0.15, 0.2) is 0 Å². The standard InChI is InChI=1S/C4H2Cl3O3/c5-4(6,7)3-9-1-2(8)10-3/h1,3H/t3-/m1/s1. The van der Waals surface area contributed by atoms with E-state index in [0.717, 1.165) is 6.61 Å². The Bertz CT molecular complexity index is 152. The number of alkyl halides is 3. The zero-order valence-corrected chi connectivity index (χ0v) is 6.78. The van der Waals surface area contributed by atoms with Crippen LogP contribution in [0.1, 0.15) is 0 Å². The van der Waals surface area contributed by atoms with E-state index in [2.05, 4.69) is 9.47 Å². The lowest BCUT2D eigenvalue weighted by atomic mass is 10.7. The van der Waals surface area contributed by atoms with Gasteiger partial charge in [0.2, 0.25) is 0 Å². The van der Waals surface area contributed by atoms with Gasteiger partial charge in [-0.05, 0) is 0 Å². The first-order valence-electron chi connectivity index (χ1n) is 2.26. The Kier molecular flexibility index (Phi) is 2.30. The Morgan fingerprint density at radius 1 is 1.50 bits per heavy atom. The van der Waals surface area contributed by atoms with E-state index in [4.69, 9.17) is 34.8 Å². The molecule has 0 aromatic heterocycles. The van der Waals surface area contributed by atoms with Crippen LogP contribution in [-0.4, -0.2) is 16.1 Å². The van der Waals surface area contributed by atoms with Crippen LogP contribution in [-0.2, 0) is 14.3 Å². The Balaban J connectivity index is 2.53. The lowest BCUT2D eigenvalue weighted by Crippen LogP contribution is -2.26. The van der Waals surface area contributed by atoms with Gasteiger partial charge in [0.25, 0.3) is 10.1 Å². The fourth-order valence-electron chi connectivity index (χ4n) is 0.422. The number of carbonyl (C=O) groups is 1. The minimum absolute atomic E-state index is 0.642. The molecule has 0 saturated carbocycles. The second kappa shape index (κ2) is 2.74. The predicted molar refractivity (Wildman–Crippen MR) is 35.6 cm³/mol. The van der Waals surface area contributed by atoms with Gasteiger partial charge in [-0.1, -0.05) is 34.8 Å². The van der Waals surface area contributed by atoms with Gasteiger partial charge in [0.05, 0.1) is 0 Å². The molecule has 0 spiro atoms. The maximum absolute atomic E-state index is 10.3. The molecule has 0 amide bonds. The number of hydrogen-bond acceptors (Lipinski definition) is 3. The van der Waals surface area contributed by atoms with E-state index in [-0.39, 0.29) is 0 Å². The normalized spacial score (nSPS) is 26.7. The maximum Gasteiger partial charge on any atom is 0.341 e. The van der Waals surface area contributed by atoms with Crippen molar-refractivity contribution in [1.29, 1.82) is 0 Å². The molecule has 1 aliphatic heterocycles. The fourth-order valence-corrected chi connectivity index (χ4v) is 0.710. The molecule has 57 valence electrons. The first-order valence-corrected chi connectivity index (χ1v) is 3.39. The summed E-state index contributed by atoms with van der Waals surface area (Å²) >= 11 is 15.9. The number of carbonyl (C=O) groups excluding carboxylic acids is 1. The maximum atomic E-state index is 10.3. The molecule has 0 N–H and O–H groups in total. The Morgan fingerprint density at radius 3 is 2.30 bits per heavy atom. The topological polar surface area (TPSA) is 35.5 Å². The highest BCUT2D eigenvalue weighted by Gasteiger charge is 2.41. The van der Waals surface area contributed by atoms with Crippen LogP contribution in [0.3, 0.4) is 0 Å². The molecular weight excluding hydrogens is 202 g/mol. The Morgan fingerprint density at radius 2 is 2.10 bits per heavy atom. The average Bonchev–Trinajstić information content (AvgIpc) is 2.11. The molecule has 0 aliphatic carbocycles. The van der Waals surface area contributed by atoms with E-state index in [1.54, 1.807) is 0 Å². The monoisotopic (exact) mass is 203 g/mol. The lowest BCUT2D eigenvalue weighted by Gasteiger charge is -2.15. The van der Waals surface area contributed by atoms with Crippen molar-refractivity contribution in [1.82, 2.24) is 0 Å². The van der Waals surface area contributed by atoms with Crippen LogP contribution in [0, 0.1) is 6.61 Å². The van der Waals surface area contributed by atoms with Gasteiger partial charge < -0.3 is 9.47 Å². The van der Waals surface area contributed by atoms with Gasteiger partial charge in [-0.25, -0.2) is 4.79 Å². The van der Waals surface area contributed by atoms with Gasteiger partial charge in [0.15, 0.2) is 6.61 Å². The molecule has 0 bridgehead atoms. The smallest absolute Gasteiger partial charge is 0.341 e. The predicted octanol–water partition coefficient (Wildman–Crippen LogP) is 1.42. The van der Waals surface area contributed by atoms with Crippen LogP contribution >= 0.6 is 34.8 Å². The second-order valence-electron chi connectivity index (χ2n) is 1.56. The van der Waals surface area contributed by atoms with Crippen LogP contribution in [0.4, 0.5) is 0 Å². The first kappa shape index (κ1) is 8.40. The summed E-state index contributed by atoms with van der Waals surface area (Å²) < 4.78 is 7.23. The van der Waals surface area contributed by atoms with Gasteiger partial charge in [-0.15, -0.1) is 0 Å². The molecule has 1 saturated heterocycles. The Labute approximate surface area is 72.1 Å². The summed E-state index contributed by atoms with van der Waals surface area (Å²) in [5, 5.41) is 0. The molecule has 10 heavy (non-hydrogen) atoms. The number of cyclic esters (lactones) is 1. The number of rotatable bonds is 0. The summed E-state index contributed by atoms with van der Waals surface area (Å²) in [4.78, 5) is 10.3. The fraction of sp³-hybridized carbons (Fsp3) is 0.500. The molecule has 1 fully saturated rings. The second-order valence-corrected chi connectivity index (χ2v) is 3.93. The summed E-state index contributed by atoms with van der Waals surface area (Å²) in [6, 6.07) is 0. The zero-order valence-electron chi connectivity index (χ0n) is 4.51. The summed E-state index contributed by atoms with van der Waals surface area (Å²) in [6.45, 7) is 0.854. The number of halogens is 3. The molecule has 0 aromatic rings. The minimum atomic E-state index is -1.72. The molecule has 1 aliphatic rings. The number of esters is 1.